The lowest BCUT2D eigenvalue weighted by Gasteiger charge is -2.23. The maximum atomic E-state index is 4.82. The lowest BCUT2D eigenvalue weighted by atomic mass is 10.1. The summed E-state index contributed by atoms with van der Waals surface area (Å²) in [6.07, 6.45) is 1.82. The van der Waals surface area contributed by atoms with Crippen LogP contribution in [0.1, 0.15) is 23.6 Å². The van der Waals surface area contributed by atoms with E-state index in [9.17, 15) is 0 Å². The van der Waals surface area contributed by atoms with E-state index in [0.29, 0.717) is 6.54 Å². The highest BCUT2D eigenvalue weighted by molar-refractivity contribution is 14.0. The molecular weight excluding hydrogens is 437 g/mol. The largest absolute Gasteiger partial charge is 0.362 e. The van der Waals surface area contributed by atoms with Gasteiger partial charge in [-0.1, -0.05) is 30.3 Å². The smallest absolute Gasteiger partial charge is 0.194 e. The summed E-state index contributed by atoms with van der Waals surface area (Å²) in [5, 5.41) is 3.38. The normalized spacial score (nSPS) is 10.9. The van der Waals surface area contributed by atoms with Crippen molar-refractivity contribution in [2.24, 2.45) is 4.99 Å². The van der Waals surface area contributed by atoms with Crippen LogP contribution in [-0.4, -0.2) is 43.5 Å². The molecule has 0 aliphatic rings. The molecule has 5 nitrogen and oxygen atoms in total. The summed E-state index contributed by atoms with van der Waals surface area (Å²) in [6.45, 7) is 6.50. The van der Waals surface area contributed by atoms with Gasteiger partial charge in [0.15, 0.2) is 5.96 Å². The maximum Gasteiger partial charge on any atom is 0.194 e. The van der Waals surface area contributed by atoms with E-state index in [2.05, 4.69) is 66.4 Å². The number of aryl methyl sites for hydroxylation is 1. The Kier molecular flexibility index (Phi) is 9.40. The van der Waals surface area contributed by atoms with E-state index in [1.54, 1.807) is 0 Å². The number of aromatic nitrogens is 1. The Hall–Kier alpha value is -1.83. The lowest BCUT2D eigenvalue weighted by molar-refractivity contribution is 0.475. The van der Waals surface area contributed by atoms with Gasteiger partial charge in [0, 0.05) is 46.0 Å². The van der Waals surface area contributed by atoms with Gasteiger partial charge in [-0.15, -0.1) is 24.0 Å². The van der Waals surface area contributed by atoms with Gasteiger partial charge in [0.25, 0.3) is 0 Å². The predicted molar refractivity (Wildman–Crippen MR) is 121 cm³/mol. The van der Waals surface area contributed by atoms with E-state index in [0.717, 1.165) is 30.4 Å². The fourth-order valence-electron chi connectivity index (χ4n) is 2.70. The molecule has 0 spiro atoms. The minimum atomic E-state index is 0. The third-order valence-corrected chi connectivity index (χ3v) is 4.06. The summed E-state index contributed by atoms with van der Waals surface area (Å²) in [5.41, 5.74) is 3.73. The minimum Gasteiger partial charge on any atom is -0.362 e. The Morgan fingerprint density at radius 3 is 2.42 bits per heavy atom. The van der Waals surface area contributed by atoms with Gasteiger partial charge in [-0.2, -0.15) is 0 Å². The van der Waals surface area contributed by atoms with E-state index in [1.807, 2.05) is 31.3 Å². The topological polar surface area (TPSA) is 43.8 Å². The molecule has 1 aromatic carbocycles. The van der Waals surface area contributed by atoms with Gasteiger partial charge in [-0.3, -0.25) is 0 Å². The Bertz CT molecular complexity index is 715. The summed E-state index contributed by atoms with van der Waals surface area (Å²) in [7, 11) is 6.08. The Balaban J connectivity index is 0.00000338. The minimum absolute atomic E-state index is 0. The van der Waals surface area contributed by atoms with E-state index >= 15 is 0 Å². The summed E-state index contributed by atoms with van der Waals surface area (Å²) in [4.78, 5) is 13.5. The van der Waals surface area contributed by atoms with Crippen LogP contribution in [-0.2, 0) is 13.1 Å². The molecule has 0 atom stereocenters. The van der Waals surface area contributed by atoms with Crippen LogP contribution in [0.5, 0.6) is 0 Å². The molecule has 0 aliphatic heterocycles. The average Bonchev–Trinajstić information content (AvgIpc) is 2.60. The first-order valence-corrected chi connectivity index (χ1v) is 8.68. The predicted octanol–water partition coefficient (Wildman–Crippen LogP) is 3.67. The molecule has 1 N–H and O–H groups in total. The number of nitrogens with zero attached hydrogens (tertiary/aromatic N) is 4. The van der Waals surface area contributed by atoms with Crippen LogP contribution in [0, 0.1) is 6.92 Å². The van der Waals surface area contributed by atoms with Gasteiger partial charge in [0.2, 0.25) is 0 Å². The molecular formula is C20H30IN5. The summed E-state index contributed by atoms with van der Waals surface area (Å²) in [6, 6.07) is 12.5. The van der Waals surface area contributed by atoms with Gasteiger partial charge in [-0.25, -0.2) is 9.98 Å². The second-order valence-corrected chi connectivity index (χ2v) is 6.33. The zero-order valence-corrected chi connectivity index (χ0v) is 18.7. The first-order valence-electron chi connectivity index (χ1n) is 8.68. The Labute approximate surface area is 174 Å². The molecule has 6 heteroatoms. The van der Waals surface area contributed by atoms with E-state index < -0.39 is 0 Å². The molecule has 0 aliphatic carbocycles. The highest BCUT2D eigenvalue weighted by atomic mass is 127. The van der Waals surface area contributed by atoms with Crippen LogP contribution < -0.4 is 10.2 Å². The SMILES string of the molecule is CCNC(=NCc1cccnc1N(C)C)N(C)Cc1ccccc1C.I. The zero-order valence-electron chi connectivity index (χ0n) is 16.4. The van der Waals surface area contributed by atoms with Crippen molar-refractivity contribution in [3.05, 3.63) is 59.3 Å². The number of hydrogen-bond acceptors (Lipinski definition) is 3. The molecule has 2 rings (SSSR count). The number of halogens is 1. The molecule has 0 amide bonds. The van der Waals surface area contributed by atoms with Crippen molar-refractivity contribution in [3.8, 4) is 0 Å². The van der Waals surface area contributed by atoms with Crippen LogP contribution in [0.3, 0.4) is 0 Å². The first-order chi connectivity index (χ1) is 12.0. The standard InChI is InChI=1S/C20H29N5.HI/c1-6-21-20(25(5)15-18-11-8-7-10-16(18)2)23-14-17-12-9-13-22-19(17)24(3)4;/h7-13H,6,14-15H2,1-5H3,(H,21,23);1H. The zero-order chi connectivity index (χ0) is 18.2. The van der Waals surface area contributed by atoms with Crippen LogP contribution in [0.25, 0.3) is 0 Å². The summed E-state index contributed by atoms with van der Waals surface area (Å²) in [5.74, 6) is 1.86. The number of aliphatic imine (C=N–C) groups is 1. The molecule has 0 saturated carbocycles. The molecule has 26 heavy (non-hydrogen) atoms. The van der Waals surface area contributed by atoms with Gasteiger partial charge in [-0.05, 0) is 31.0 Å². The van der Waals surface area contributed by atoms with Crippen LogP contribution in [0.15, 0.2) is 47.6 Å². The molecule has 2 aromatic rings. The van der Waals surface area contributed by atoms with Crippen LogP contribution >= 0.6 is 24.0 Å². The maximum absolute atomic E-state index is 4.82. The third-order valence-electron chi connectivity index (χ3n) is 4.06. The van der Waals surface area contributed by atoms with Crippen molar-refractivity contribution in [1.82, 2.24) is 15.2 Å². The fraction of sp³-hybridized carbons (Fsp3) is 0.400. The number of benzene rings is 1. The van der Waals surface area contributed by atoms with Gasteiger partial charge < -0.3 is 15.1 Å². The van der Waals surface area contributed by atoms with Crippen LogP contribution in [0.2, 0.25) is 0 Å². The van der Waals surface area contributed by atoms with E-state index in [-0.39, 0.29) is 24.0 Å². The quantitative estimate of drug-likeness (QED) is 0.400. The Morgan fingerprint density at radius 1 is 1.08 bits per heavy atom. The average molecular weight is 467 g/mol. The fourth-order valence-corrected chi connectivity index (χ4v) is 2.70. The molecule has 0 fully saturated rings. The van der Waals surface area contributed by atoms with Crippen molar-refractivity contribution < 1.29 is 0 Å². The monoisotopic (exact) mass is 467 g/mol. The Morgan fingerprint density at radius 2 is 1.77 bits per heavy atom. The third kappa shape index (κ3) is 6.16. The number of anilines is 1. The number of nitrogens with one attached hydrogen (secondary N) is 1. The van der Waals surface area contributed by atoms with Crippen molar-refractivity contribution >= 4 is 35.8 Å². The van der Waals surface area contributed by atoms with Crippen molar-refractivity contribution in [3.63, 3.8) is 0 Å². The molecule has 0 radical (unpaired) electrons. The van der Waals surface area contributed by atoms with Gasteiger partial charge >= 0.3 is 0 Å². The summed E-state index contributed by atoms with van der Waals surface area (Å²) < 4.78 is 0. The molecule has 1 heterocycles. The molecule has 0 saturated heterocycles. The number of guanidine groups is 1. The van der Waals surface area contributed by atoms with Gasteiger partial charge in [0.1, 0.15) is 5.82 Å². The summed E-state index contributed by atoms with van der Waals surface area (Å²) >= 11 is 0. The highest BCUT2D eigenvalue weighted by Crippen LogP contribution is 2.16. The first kappa shape index (κ1) is 22.2. The van der Waals surface area contributed by atoms with Crippen molar-refractivity contribution in [1.29, 1.82) is 0 Å². The van der Waals surface area contributed by atoms with Gasteiger partial charge in [0.05, 0.1) is 6.54 Å². The second-order valence-electron chi connectivity index (χ2n) is 6.33. The van der Waals surface area contributed by atoms with Crippen molar-refractivity contribution in [2.45, 2.75) is 26.9 Å². The lowest BCUT2D eigenvalue weighted by Crippen LogP contribution is -2.38. The van der Waals surface area contributed by atoms with E-state index in [4.69, 9.17) is 4.99 Å². The molecule has 1 aromatic heterocycles. The van der Waals surface area contributed by atoms with Crippen molar-refractivity contribution in [2.75, 3.05) is 32.6 Å². The van der Waals surface area contributed by atoms with Crippen LogP contribution in [0.4, 0.5) is 5.82 Å². The van der Waals surface area contributed by atoms with E-state index in [1.165, 1.54) is 11.1 Å². The number of rotatable bonds is 6. The number of pyridine rings is 1. The molecule has 142 valence electrons. The highest BCUT2D eigenvalue weighted by Gasteiger charge is 2.09. The molecule has 0 unspecified atom stereocenters. The second kappa shape index (κ2) is 11.0. The number of hydrogen-bond donors (Lipinski definition) is 1. The molecule has 0 bridgehead atoms.